The highest BCUT2D eigenvalue weighted by atomic mass is 32.2. The van der Waals surface area contributed by atoms with Gasteiger partial charge in [-0.1, -0.05) is 24.6 Å². The maximum atomic E-state index is 12.5. The van der Waals surface area contributed by atoms with E-state index in [1.807, 2.05) is 12.3 Å². The van der Waals surface area contributed by atoms with E-state index >= 15 is 0 Å². The third-order valence-electron chi connectivity index (χ3n) is 3.74. The van der Waals surface area contributed by atoms with Crippen molar-refractivity contribution in [3.63, 3.8) is 0 Å². The predicted molar refractivity (Wildman–Crippen MR) is 81.4 cm³/mol. The lowest BCUT2D eigenvalue weighted by atomic mass is 10.2. The van der Waals surface area contributed by atoms with Crippen molar-refractivity contribution < 1.29 is 5.48 Å². The van der Waals surface area contributed by atoms with Crippen molar-refractivity contribution in [2.45, 2.75) is 36.9 Å². The minimum atomic E-state index is -0.224. The highest BCUT2D eigenvalue weighted by molar-refractivity contribution is 7.98. The maximum Gasteiger partial charge on any atom is 0.270 e. The van der Waals surface area contributed by atoms with Crippen LogP contribution in [0, 0.1) is 11.3 Å². The Morgan fingerprint density at radius 3 is 2.76 bits per heavy atom. The number of hydrogen-bond acceptors (Lipinski definition) is 5. The van der Waals surface area contributed by atoms with Gasteiger partial charge >= 0.3 is 0 Å². The molecule has 21 heavy (non-hydrogen) atoms. The number of thioether (sulfide) groups is 1. The fourth-order valence-electron chi connectivity index (χ4n) is 2.78. The number of pyridine rings is 1. The van der Waals surface area contributed by atoms with E-state index in [0.717, 1.165) is 31.1 Å². The van der Waals surface area contributed by atoms with E-state index in [9.17, 15) is 4.79 Å². The van der Waals surface area contributed by atoms with Crippen LogP contribution >= 0.6 is 11.8 Å². The van der Waals surface area contributed by atoms with E-state index in [1.54, 1.807) is 16.8 Å². The van der Waals surface area contributed by atoms with Gasteiger partial charge in [-0.15, -0.1) is 0 Å². The monoisotopic (exact) mass is 304 g/mol. The van der Waals surface area contributed by atoms with Crippen molar-refractivity contribution >= 4 is 22.8 Å². The molecule has 3 rings (SSSR count). The Hall–Kier alpha value is -1.91. The lowest BCUT2D eigenvalue weighted by molar-refractivity contribution is 0.513. The molecule has 110 valence electrons. The lowest BCUT2D eigenvalue weighted by Gasteiger charge is -2.16. The number of hydrogen-bond donors (Lipinski definition) is 0. The molecule has 2 aromatic rings. The molecular formula is C14H16N4O2S. The second-order valence-corrected chi connectivity index (χ2v) is 5.69. The molecule has 2 heterocycles. The minimum Gasteiger partial charge on any atom is -0.412 e. The average Bonchev–Trinajstić information content (AvgIpc) is 2.99. The van der Waals surface area contributed by atoms with Crippen LogP contribution in [0.15, 0.2) is 22.2 Å². The second kappa shape index (κ2) is 6.24. The summed E-state index contributed by atoms with van der Waals surface area (Å²) in [7, 11) is 0. The van der Waals surface area contributed by atoms with Crippen LogP contribution in [0.2, 0.25) is 0 Å². The maximum absolute atomic E-state index is 12.5. The van der Waals surface area contributed by atoms with Gasteiger partial charge in [0.2, 0.25) is 0 Å². The number of nitriles is 1. The SMILES string of the molecule is CSc1ncc2cc(C#N)c(=O)n(C3CCCC3)c2n1.O. The van der Waals surface area contributed by atoms with Gasteiger partial charge in [0.1, 0.15) is 17.3 Å². The predicted octanol–water partition coefficient (Wildman–Crippen LogP) is 1.68. The Bertz CT molecular complexity index is 760. The van der Waals surface area contributed by atoms with Crippen LogP contribution in [0.25, 0.3) is 11.0 Å². The molecule has 1 aliphatic carbocycles. The minimum absolute atomic E-state index is 0. The van der Waals surface area contributed by atoms with Gasteiger partial charge < -0.3 is 5.48 Å². The molecule has 0 aliphatic heterocycles. The summed E-state index contributed by atoms with van der Waals surface area (Å²) in [6, 6.07) is 3.73. The van der Waals surface area contributed by atoms with Crippen molar-refractivity contribution in [2.24, 2.45) is 0 Å². The summed E-state index contributed by atoms with van der Waals surface area (Å²) in [5.41, 5.74) is 0.600. The number of nitrogens with zero attached hydrogens (tertiary/aromatic N) is 4. The fraction of sp³-hybridized carbons (Fsp3) is 0.429. The molecule has 0 atom stereocenters. The average molecular weight is 304 g/mol. The summed E-state index contributed by atoms with van der Waals surface area (Å²) in [4.78, 5) is 21.2. The largest absolute Gasteiger partial charge is 0.412 e. The quantitative estimate of drug-likeness (QED) is 0.620. The Labute approximate surface area is 126 Å². The van der Waals surface area contributed by atoms with E-state index in [0.29, 0.717) is 10.8 Å². The Balaban J connectivity index is 0.00000161. The van der Waals surface area contributed by atoms with E-state index in [4.69, 9.17) is 5.26 Å². The lowest BCUT2D eigenvalue weighted by Crippen LogP contribution is -2.26. The zero-order valence-electron chi connectivity index (χ0n) is 11.7. The molecule has 0 spiro atoms. The molecule has 2 N–H and O–H groups in total. The first-order valence-corrected chi connectivity index (χ1v) is 7.83. The summed E-state index contributed by atoms with van der Waals surface area (Å²) in [6.07, 6.45) is 7.79. The smallest absolute Gasteiger partial charge is 0.270 e. The van der Waals surface area contributed by atoms with Crippen LogP contribution in [0.5, 0.6) is 0 Å². The van der Waals surface area contributed by atoms with Crippen LogP contribution in [0.1, 0.15) is 37.3 Å². The first-order valence-electron chi connectivity index (χ1n) is 6.61. The molecule has 0 saturated heterocycles. The van der Waals surface area contributed by atoms with E-state index in [1.165, 1.54) is 11.8 Å². The highest BCUT2D eigenvalue weighted by Gasteiger charge is 2.22. The van der Waals surface area contributed by atoms with Crippen molar-refractivity contribution in [2.75, 3.05) is 6.26 Å². The molecular weight excluding hydrogens is 288 g/mol. The summed E-state index contributed by atoms with van der Waals surface area (Å²) in [6.45, 7) is 0. The highest BCUT2D eigenvalue weighted by Crippen LogP contribution is 2.30. The molecule has 0 radical (unpaired) electrons. The zero-order chi connectivity index (χ0) is 14.1. The summed E-state index contributed by atoms with van der Waals surface area (Å²) >= 11 is 1.45. The molecule has 1 saturated carbocycles. The van der Waals surface area contributed by atoms with Crippen molar-refractivity contribution in [1.82, 2.24) is 14.5 Å². The molecule has 0 bridgehead atoms. The van der Waals surface area contributed by atoms with Gasteiger partial charge in [-0.25, -0.2) is 9.97 Å². The summed E-state index contributed by atoms with van der Waals surface area (Å²) < 4.78 is 1.71. The van der Waals surface area contributed by atoms with E-state index in [-0.39, 0.29) is 22.6 Å². The van der Waals surface area contributed by atoms with Crippen LogP contribution < -0.4 is 5.56 Å². The third-order valence-corrected chi connectivity index (χ3v) is 4.31. The van der Waals surface area contributed by atoms with Gasteiger partial charge in [-0.05, 0) is 25.2 Å². The third kappa shape index (κ3) is 2.64. The van der Waals surface area contributed by atoms with Crippen LogP contribution in [-0.4, -0.2) is 26.3 Å². The number of fused-ring (bicyclic) bond motifs is 1. The molecule has 2 aromatic heterocycles. The Morgan fingerprint density at radius 1 is 1.43 bits per heavy atom. The van der Waals surface area contributed by atoms with Crippen LogP contribution in [0.4, 0.5) is 0 Å². The molecule has 0 unspecified atom stereocenters. The van der Waals surface area contributed by atoms with Crippen LogP contribution in [-0.2, 0) is 0 Å². The summed E-state index contributed by atoms with van der Waals surface area (Å²) in [5, 5.41) is 10.5. The van der Waals surface area contributed by atoms with Crippen molar-refractivity contribution in [3.05, 3.63) is 28.2 Å². The molecule has 0 aromatic carbocycles. The normalized spacial score (nSPS) is 14.9. The number of rotatable bonds is 2. The first kappa shape index (κ1) is 15.5. The molecule has 0 amide bonds. The van der Waals surface area contributed by atoms with Crippen molar-refractivity contribution in [3.8, 4) is 6.07 Å². The zero-order valence-corrected chi connectivity index (χ0v) is 12.5. The number of aromatic nitrogens is 3. The van der Waals surface area contributed by atoms with E-state index in [2.05, 4.69) is 9.97 Å². The first-order chi connectivity index (χ1) is 9.74. The van der Waals surface area contributed by atoms with Gasteiger partial charge in [0.05, 0.1) is 0 Å². The van der Waals surface area contributed by atoms with Gasteiger partial charge in [0.25, 0.3) is 5.56 Å². The topological polar surface area (TPSA) is 103 Å². The summed E-state index contributed by atoms with van der Waals surface area (Å²) in [5.74, 6) is 0. The van der Waals surface area contributed by atoms with Gasteiger partial charge in [0, 0.05) is 17.6 Å². The molecule has 7 heteroatoms. The standard InChI is InChI=1S/C14H14N4OS.H2O/c1-20-14-16-8-10-6-9(7-15)13(19)18(12(10)17-14)11-4-2-3-5-11;/h6,8,11H,2-5H2,1H3;1H2. The van der Waals surface area contributed by atoms with E-state index < -0.39 is 0 Å². The van der Waals surface area contributed by atoms with Gasteiger partial charge in [-0.2, -0.15) is 5.26 Å². The molecule has 6 nitrogen and oxygen atoms in total. The van der Waals surface area contributed by atoms with Crippen LogP contribution in [0.3, 0.4) is 0 Å². The Morgan fingerprint density at radius 2 is 2.14 bits per heavy atom. The second-order valence-electron chi connectivity index (χ2n) is 4.92. The molecule has 1 fully saturated rings. The Kier molecular flexibility index (Phi) is 4.60. The van der Waals surface area contributed by atoms with Gasteiger partial charge in [-0.3, -0.25) is 9.36 Å². The van der Waals surface area contributed by atoms with Crippen molar-refractivity contribution in [1.29, 1.82) is 5.26 Å². The fourth-order valence-corrected chi connectivity index (χ4v) is 3.12. The van der Waals surface area contributed by atoms with Gasteiger partial charge in [0.15, 0.2) is 5.16 Å². The molecule has 1 aliphatic rings.